The number of hydrogen-bond acceptors (Lipinski definition) is 7. The molecule has 11 heteroatoms. The Morgan fingerprint density at radius 3 is 2.37 bits per heavy atom. The molecule has 0 radical (unpaired) electrons. The molecule has 1 aliphatic rings. The molecule has 43 heavy (non-hydrogen) atoms. The average molecular weight is 599 g/mol. The summed E-state index contributed by atoms with van der Waals surface area (Å²) in [5.41, 5.74) is -0.563. The van der Waals surface area contributed by atoms with E-state index >= 15 is 0 Å². The zero-order chi connectivity index (χ0) is 32.0. The first kappa shape index (κ1) is 35.3. The Labute approximate surface area is 255 Å². The van der Waals surface area contributed by atoms with Crippen molar-refractivity contribution in [3.8, 4) is 0 Å². The van der Waals surface area contributed by atoms with E-state index in [1.807, 2.05) is 6.07 Å². The van der Waals surface area contributed by atoms with Crippen LogP contribution in [0, 0.1) is 11.8 Å². The molecule has 4 amide bonds. The lowest BCUT2D eigenvalue weighted by Gasteiger charge is -2.32. The SMILES string of the molecule is C=C(NC)NCCC[C@@H]1CC(=O)[C@](C)(NC(=O)C(C)C)CCCCNC(=O)[C@@H](c2ccccc2)NC(=O)[C@H](CC)NC1=O. The molecule has 1 saturated heterocycles. The van der Waals surface area contributed by atoms with Gasteiger partial charge in [-0.1, -0.05) is 57.7 Å². The molecule has 1 heterocycles. The van der Waals surface area contributed by atoms with Gasteiger partial charge in [-0.25, -0.2) is 0 Å². The smallest absolute Gasteiger partial charge is 0.247 e. The minimum absolute atomic E-state index is 0.0882. The number of nitrogens with one attached hydrogen (secondary N) is 6. The van der Waals surface area contributed by atoms with Gasteiger partial charge >= 0.3 is 0 Å². The van der Waals surface area contributed by atoms with Gasteiger partial charge in [-0.05, 0) is 51.0 Å². The molecule has 1 aromatic rings. The largest absolute Gasteiger partial charge is 0.375 e. The number of hydrogen-bond donors (Lipinski definition) is 6. The van der Waals surface area contributed by atoms with Gasteiger partial charge in [0.2, 0.25) is 23.6 Å². The molecule has 0 aliphatic carbocycles. The summed E-state index contributed by atoms with van der Waals surface area (Å²) in [5, 5.41) is 17.5. The summed E-state index contributed by atoms with van der Waals surface area (Å²) in [5.74, 6) is -2.18. The topological polar surface area (TPSA) is 158 Å². The van der Waals surface area contributed by atoms with Crippen LogP contribution in [0.15, 0.2) is 42.7 Å². The van der Waals surface area contributed by atoms with E-state index < -0.39 is 35.4 Å². The van der Waals surface area contributed by atoms with E-state index in [4.69, 9.17) is 0 Å². The molecule has 0 saturated carbocycles. The fraction of sp³-hybridized carbons (Fsp3) is 0.594. The van der Waals surface area contributed by atoms with Crippen molar-refractivity contribution in [3.63, 3.8) is 0 Å². The van der Waals surface area contributed by atoms with E-state index in [2.05, 4.69) is 38.5 Å². The van der Waals surface area contributed by atoms with Gasteiger partial charge in [-0.3, -0.25) is 24.0 Å². The number of ketones is 1. The van der Waals surface area contributed by atoms with E-state index in [0.717, 1.165) is 0 Å². The highest BCUT2D eigenvalue weighted by Gasteiger charge is 2.38. The monoisotopic (exact) mass is 598 g/mol. The van der Waals surface area contributed by atoms with E-state index in [1.165, 1.54) is 0 Å². The molecule has 0 bridgehead atoms. The van der Waals surface area contributed by atoms with Crippen molar-refractivity contribution in [3.05, 3.63) is 48.3 Å². The van der Waals surface area contributed by atoms with Crippen LogP contribution in [0.3, 0.4) is 0 Å². The number of carbonyl (C=O) groups is 5. The molecule has 2 rings (SSSR count). The van der Waals surface area contributed by atoms with Crippen LogP contribution >= 0.6 is 0 Å². The van der Waals surface area contributed by atoms with E-state index in [0.29, 0.717) is 56.6 Å². The third-order valence-electron chi connectivity index (χ3n) is 7.84. The minimum atomic E-state index is -1.19. The third kappa shape index (κ3) is 11.0. The lowest BCUT2D eigenvalue weighted by Crippen LogP contribution is -2.55. The predicted molar refractivity (Wildman–Crippen MR) is 166 cm³/mol. The molecule has 1 aliphatic heterocycles. The van der Waals surface area contributed by atoms with Crippen molar-refractivity contribution in [2.75, 3.05) is 20.1 Å². The van der Waals surface area contributed by atoms with Gasteiger partial charge in [0.05, 0.1) is 11.4 Å². The first-order valence-electron chi connectivity index (χ1n) is 15.3. The molecule has 238 valence electrons. The Hall–Kier alpha value is -3.89. The highest BCUT2D eigenvalue weighted by atomic mass is 16.2. The van der Waals surface area contributed by atoms with E-state index in [1.54, 1.807) is 59.0 Å². The van der Waals surface area contributed by atoms with Crippen LogP contribution in [0.5, 0.6) is 0 Å². The standard InChI is InChI=1S/C32H50N6O5/c1-7-25-30(42)37-27(23-14-9-8-10-15-23)31(43)35-18-12-11-17-32(5,38-28(40)21(2)3)26(39)20-24(29(41)36-25)16-13-19-34-22(4)33-6/h8-10,14-15,21,24-25,27,33-34H,4,7,11-13,16-20H2,1-3,5-6H3,(H,35,43)(H,36,41)(H,37,42)(H,38,40)/t24-,25+,27-,32-/m1/s1. The van der Waals surface area contributed by atoms with Gasteiger partial charge in [-0.2, -0.15) is 0 Å². The summed E-state index contributed by atoms with van der Waals surface area (Å²) < 4.78 is 0. The normalized spacial score (nSPS) is 24.4. The minimum Gasteiger partial charge on any atom is -0.375 e. The number of amides is 4. The molecule has 1 fully saturated rings. The number of benzene rings is 1. The highest BCUT2D eigenvalue weighted by Crippen LogP contribution is 2.24. The summed E-state index contributed by atoms with van der Waals surface area (Å²) in [6, 6.07) is 7.10. The van der Waals surface area contributed by atoms with Crippen molar-refractivity contribution in [1.82, 2.24) is 31.9 Å². The zero-order valence-electron chi connectivity index (χ0n) is 26.3. The van der Waals surface area contributed by atoms with Gasteiger partial charge in [0, 0.05) is 38.4 Å². The van der Waals surface area contributed by atoms with Crippen molar-refractivity contribution in [2.45, 2.75) is 90.3 Å². The fourth-order valence-corrected chi connectivity index (χ4v) is 4.89. The maximum atomic E-state index is 13.8. The molecule has 1 aromatic carbocycles. The Morgan fingerprint density at radius 2 is 1.74 bits per heavy atom. The molecule has 4 atom stereocenters. The molecule has 0 spiro atoms. The van der Waals surface area contributed by atoms with Crippen molar-refractivity contribution in [2.24, 2.45) is 11.8 Å². The van der Waals surface area contributed by atoms with Gasteiger partial charge < -0.3 is 31.9 Å². The summed E-state index contributed by atoms with van der Waals surface area (Å²) in [7, 11) is 1.75. The second kappa shape index (κ2) is 17.3. The number of Topliss-reactive ketones (excluding diaryl/α,β-unsaturated/α-hetero) is 1. The lowest BCUT2D eigenvalue weighted by molar-refractivity contribution is -0.137. The Kier molecular flexibility index (Phi) is 14.2. The fourth-order valence-electron chi connectivity index (χ4n) is 4.89. The van der Waals surface area contributed by atoms with Crippen LogP contribution in [0.1, 0.15) is 84.2 Å². The maximum Gasteiger partial charge on any atom is 0.247 e. The van der Waals surface area contributed by atoms with Crippen LogP contribution in [0.2, 0.25) is 0 Å². The Morgan fingerprint density at radius 1 is 1.05 bits per heavy atom. The van der Waals surface area contributed by atoms with Crippen molar-refractivity contribution in [1.29, 1.82) is 0 Å². The van der Waals surface area contributed by atoms with E-state index in [-0.39, 0.29) is 36.4 Å². The highest BCUT2D eigenvalue weighted by molar-refractivity contribution is 5.97. The second-order valence-corrected chi connectivity index (χ2v) is 11.7. The van der Waals surface area contributed by atoms with Gasteiger partial charge in [0.25, 0.3) is 0 Å². The van der Waals surface area contributed by atoms with Crippen molar-refractivity contribution < 1.29 is 24.0 Å². The summed E-state index contributed by atoms with van der Waals surface area (Å²) in [6.07, 6.45) is 2.61. The number of rotatable bonds is 10. The zero-order valence-corrected chi connectivity index (χ0v) is 26.3. The summed E-state index contributed by atoms with van der Waals surface area (Å²) in [6.45, 7) is 11.7. The van der Waals surface area contributed by atoms with Gasteiger partial charge in [0.15, 0.2) is 5.78 Å². The van der Waals surface area contributed by atoms with Gasteiger partial charge in [-0.15, -0.1) is 0 Å². The van der Waals surface area contributed by atoms with E-state index in [9.17, 15) is 24.0 Å². The van der Waals surface area contributed by atoms with Crippen LogP contribution < -0.4 is 31.9 Å². The Bertz CT molecular complexity index is 1120. The lowest BCUT2D eigenvalue weighted by atomic mass is 9.83. The van der Waals surface area contributed by atoms with Crippen LogP contribution in [0.25, 0.3) is 0 Å². The Balaban J connectivity index is 2.40. The first-order chi connectivity index (χ1) is 20.4. The molecule has 0 aromatic heterocycles. The first-order valence-corrected chi connectivity index (χ1v) is 15.3. The molecule has 0 unspecified atom stereocenters. The van der Waals surface area contributed by atoms with Crippen molar-refractivity contribution >= 4 is 29.4 Å². The number of carbonyl (C=O) groups excluding carboxylic acids is 5. The molecular weight excluding hydrogens is 548 g/mol. The third-order valence-corrected chi connectivity index (χ3v) is 7.84. The molecule has 11 nitrogen and oxygen atoms in total. The molecular formula is C32H50N6O5. The predicted octanol–water partition coefficient (Wildman–Crippen LogP) is 2.21. The average Bonchev–Trinajstić information content (AvgIpc) is 2.99. The van der Waals surface area contributed by atoms with Crippen LogP contribution in [-0.2, 0) is 24.0 Å². The summed E-state index contributed by atoms with van der Waals surface area (Å²) >= 11 is 0. The molecule has 6 N–H and O–H groups in total. The quantitative estimate of drug-likeness (QED) is 0.225. The van der Waals surface area contributed by atoms with Crippen LogP contribution in [0.4, 0.5) is 0 Å². The van der Waals surface area contributed by atoms with Crippen LogP contribution in [-0.4, -0.2) is 61.1 Å². The maximum absolute atomic E-state index is 13.8. The van der Waals surface area contributed by atoms with Gasteiger partial charge in [0.1, 0.15) is 12.1 Å². The second-order valence-electron chi connectivity index (χ2n) is 11.7. The summed E-state index contributed by atoms with van der Waals surface area (Å²) in [4.78, 5) is 66.8.